The van der Waals surface area contributed by atoms with Crippen LogP contribution in [-0.4, -0.2) is 35.7 Å². The van der Waals surface area contributed by atoms with Gasteiger partial charge >= 0.3 is 0 Å². The first kappa shape index (κ1) is 33.4. The molecule has 13 heteroatoms. The molecule has 6 rings (SSSR count). The SMILES string of the molecule is CCC(NCCS(=O)(=O)c1ccccc1)c1nc(-c2cc3c(Nc4ccc(OCc5cccc(F)c5)c(Cl)c4)ncnc3cc2F)cs1. The van der Waals surface area contributed by atoms with Crippen LogP contribution >= 0.6 is 22.9 Å². The van der Waals surface area contributed by atoms with Gasteiger partial charge in [-0.3, -0.25) is 0 Å². The third-order valence-corrected chi connectivity index (χ3v) is 10.6. The molecule has 0 radical (unpaired) electrons. The maximum Gasteiger partial charge on any atom is 0.179 e. The number of aromatic nitrogens is 3. The smallest absolute Gasteiger partial charge is 0.179 e. The van der Waals surface area contributed by atoms with Crippen molar-refractivity contribution >= 4 is 55.2 Å². The van der Waals surface area contributed by atoms with Gasteiger partial charge in [0.05, 0.1) is 32.9 Å². The Morgan fingerprint density at radius 3 is 2.58 bits per heavy atom. The monoisotopic (exact) mass is 705 g/mol. The summed E-state index contributed by atoms with van der Waals surface area (Å²) in [5, 5.41) is 9.95. The van der Waals surface area contributed by atoms with Crippen LogP contribution in [0.25, 0.3) is 22.2 Å². The van der Waals surface area contributed by atoms with E-state index in [9.17, 15) is 12.8 Å². The van der Waals surface area contributed by atoms with Gasteiger partial charge in [-0.15, -0.1) is 11.3 Å². The van der Waals surface area contributed by atoms with Crippen LogP contribution in [0.5, 0.6) is 5.75 Å². The molecule has 2 heterocycles. The highest BCUT2D eigenvalue weighted by Gasteiger charge is 2.20. The maximum atomic E-state index is 15.4. The quantitative estimate of drug-likeness (QED) is 0.123. The number of anilines is 2. The van der Waals surface area contributed by atoms with Crippen molar-refractivity contribution in [3.05, 3.63) is 124 Å². The Morgan fingerprint density at radius 1 is 0.979 bits per heavy atom. The lowest BCUT2D eigenvalue weighted by atomic mass is 10.1. The molecule has 0 saturated carbocycles. The largest absolute Gasteiger partial charge is 0.487 e. The van der Waals surface area contributed by atoms with E-state index >= 15 is 4.39 Å². The molecule has 0 bridgehead atoms. The van der Waals surface area contributed by atoms with E-state index in [0.717, 1.165) is 5.01 Å². The van der Waals surface area contributed by atoms with Gasteiger partial charge in [0.2, 0.25) is 0 Å². The summed E-state index contributed by atoms with van der Waals surface area (Å²) in [6, 6.07) is 22.4. The highest BCUT2D eigenvalue weighted by Crippen LogP contribution is 2.35. The number of sulfone groups is 1. The second kappa shape index (κ2) is 14.7. The van der Waals surface area contributed by atoms with Crippen LogP contribution in [0.2, 0.25) is 5.02 Å². The first-order chi connectivity index (χ1) is 23.2. The zero-order chi connectivity index (χ0) is 33.7. The van der Waals surface area contributed by atoms with Gasteiger partial charge in [0.25, 0.3) is 0 Å². The summed E-state index contributed by atoms with van der Waals surface area (Å²) in [6.45, 7) is 2.37. The minimum atomic E-state index is -3.43. The van der Waals surface area contributed by atoms with Gasteiger partial charge in [-0.05, 0) is 60.5 Å². The first-order valence-corrected chi connectivity index (χ1v) is 18.0. The van der Waals surface area contributed by atoms with E-state index in [1.54, 1.807) is 72.1 Å². The fourth-order valence-electron chi connectivity index (χ4n) is 5.08. The average Bonchev–Trinajstić information content (AvgIpc) is 3.56. The molecule has 0 aliphatic rings. The Hall–Kier alpha value is -4.49. The standard InChI is InChI=1S/C35H30ClF2N5O3S2/c1-2-30(39-13-14-48(44,45)25-9-4-3-5-10-25)35-43-32(20-47-35)26-17-27-31(18-29(26)38)40-21-41-34(27)42-24-11-12-33(28(36)16-24)46-19-22-7-6-8-23(37)15-22/h3-12,15-18,20-21,30,39H,2,13-14,19H2,1H3,(H,40,41,42). The molecule has 246 valence electrons. The van der Waals surface area contributed by atoms with Crippen molar-refractivity contribution in [2.75, 3.05) is 17.6 Å². The maximum absolute atomic E-state index is 15.4. The number of hydrogen-bond donors (Lipinski definition) is 2. The van der Waals surface area contributed by atoms with E-state index in [0.29, 0.717) is 50.9 Å². The van der Waals surface area contributed by atoms with Crippen molar-refractivity contribution in [1.82, 2.24) is 20.3 Å². The molecular weight excluding hydrogens is 676 g/mol. The van der Waals surface area contributed by atoms with Crippen LogP contribution in [0.3, 0.4) is 0 Å². The van der Waals surface area contributed by atoms with Crippen molar-refractivity contribution in [1.29, 1.82) is 0 Å². The zero-order valence-electron chi connectivity index (χ0n) is 25.7. The normalized spacial score (nSPS) is 12.2. The molecule has 1 atom stereocenters. The minimum Gasteiger partial charge on any atom is -0.487 e. The molecule has 2 N–H and O–H groups in total. The Labute approximate surface area is 285 Å². The van der Waals surface area contributed by atoms with Crippen molar-refractivity contribution in [3.8, 4) is 17.0 Å². The second-order valence-electron chi connectivity index (χ2n) is 10.9. The number of nitrogens with zero attached hydrogens (tertiary/aromatic N) is 3. The molecule has 8 nitrogen and oxygen atoms in total. The molecule has 6 aromatic rings. The van der Waals surface area contributed by atoms with Crippen LogP contribution in [0.1, 0.15) is 30.0 Å². The number of rotatable bonds is 13. The number of thiazole rings is 1. The molecule has 0 amide bonds. The molecule has 0 saturated heterocycles. The van der Waals surface area contributed by atoms with Gasteiger partial charge in [-0.25, -0.2) is 32.2 Å². The number of ether oxygens (including phenoxy) is 1. The Morgan fingerprint density at radius 2 is 1.81 bits per heavy atom. The molecule has 48 heavy (non-hydrogen) atoms. The lowest BCUT2D eigenvalue weighted by molar-refractivity contribution is 0.306. The van der Waals surface area contributed by atoms with Crippen molar-refractivity contribution in [2.24, 2.45) is 0 Å². The van der Waals surface area contributed by atoms with Crippen molar-refractivity contribution < 1.29 is 21.9 Å². The third kappa shape index (κ3) is 7.79. The van der Waals surface area contributed by atoms with Crippen molar-refractivity contribution in [2.45, 2.75) is 30.9 Å². The lowest BCUT2D eigenvalue weighted by Gasteiger charge is -2.14. The zero-order valence-corrected chi connectivity index (χ0v) is 28.0. The van der Waals surface area contributed by atoms with Gasteiger partial charge in [-0.2, -0.15) is 0 Å². The van der Waals surface area contributed by atoms with E-state index in [4.69, 9.17) is 21.3 Å². The third-order valence-electron chi connectivity index (χ3n) is 7.57. The summed E-state index contributed by atoms with van der Waals surface area (Å²) in [5.74, 6) is -0.0171. The highest BCUT2D eigenvalue weighted by molar-refractivity contribution is 7.91. The molecule has 0 aliphatic carbocycles. The van der Waals surface area contributed by atoms with Crippen LogP contribution in [0.4, 0.5) is 20.3 Å². The van der Waals surface area contributed by atoms with Crippen LogP contribution in [-0.2, 0) is 16.4 Å². The molecule has 4 aromatic carbocycles. The van der Waals surface area contributed by atoms with Crippen LogP contribution in [0, 0.1) is 11.6 Å². The lowest BCUT2D eigenvalue weighted by Crippen LogP contribution is -2.27. The van der Waals surface area contributed by atoms with Gasteiger partial charge < -0.3 is 15.4 Å². The fourth-order valence-corrected chi connectivity index (χ4v) is 7.49. The van der Waals surface area contributed by atoms with Gasteiger partial charge in [0.1, 0.15) is 41.1 Å². The highest BCUT2D eigenvalue weighted by atomic mass is 35.5. The average molecular weight is 706 g/mol. The Balaban J connectivity index is 1.17. The molecule has 0 aliphatic heterocycles. The van der Waals surface area contributed by atoms with E-state index in [1.165, 1.54) is 35.9 Å². The van der Waals surface area contributed by atoms with Crippen LogP contribution in [0.15, 0.2) is 102 Å². The Bertz CT molecular complexity index is 2170. The number of hydrogen-bond acceptors (Lipinski definition) is 9. The predicted molar refractivity (Wildman–Crippen MR) is 186 cm³/mol. The summed E-state index contributed by atoms with van der Waals surface area (Å²) in [7, 11) is -3.43. The summed E-state index contributed by atoms with van der Waals surface area (Å²) in [6.07, 6.45) is 2.01. The fraction of sp³-hybridized carbons (Fsp3) is 0.171. The second-order valence-corrected chi connectivity index (χ2v) is 14.3. The number of halogens is 3. The number of fused-ring (bicyclic) bond motifs is 1. The minimum absolute atomic E-state index is 0.0588. The van der Waals surface area contributed by atoms with E-state index in [-0.39, 0.29) is 41.2 Å². The number of nitrogens with one attached hydrogen (secondary N) is 2. The molecule has 1 unspecified atom stereocenters. The van der Waals surface area contributed by atoms with Gasteiger partial charge in [0, 0.05) is 34.6 Å². The molecular formula is C35H30ClF2N5O3S2. The van der Waals surface area contributed by atoms with E-state index < -0.39 is 15.7 Å². The van der Waals surface area contributed by atoms with Gasteiger partial charge in [-0.1, -0.05) is 48.9 Å². The topological polar surface area (TPSA) is 106 Å². The van der Waals surface area contributed by atoms with Gasteiger partial charge in [0.15, 0.2) is 9.84 Å². The summed E-state index contributed by atoms with van der Waals surface area (Å²) < 4.78 is 60.1. The van der Waals surface area contributed by atoms with Crippen molar-refractivity contribution in [3.63, 3.8) is 0 Å². The molecule has 2 aromatic heterocycles. The molecule has 0 spiro atoms. The summed E-state index contributed by atoms with van der Waals surface area (Å²) >= 11 is 7.87. The summed E-state index contributed by atoms with van der Waals surface area (Å²) in [5.41, 5.74) is 2.42. The van der Waals surface area contributed by atoms with Crippen LogP contribution < -0.4 is 15.4 Å². The van der Waals surface area contributed by atoms with E-state index in [2.05, 4.69) is 20.6 Å². The predicted octanol–water partition coefficient (Wildman–Crippen LogP) is 8.52. The molecule has 0 fully saturated rings. The van der Waals surface area contributed by atoms with E-state index in [1.807, 2.05) is 6.92 Å². The first-order valence-electron chi connectivity index (χ1n) is 15.0. The summed E-state index contributed by atoms with van der Waals surface area (Å²) in [4.78, 5) is 13.7. The number of benzene rings is 4. The Kier molecular flexibility index (Phi) is 10.3.